The van der Waals surface area contributed by atoms with E-state index in [0.29, 0.717) is 5.56 Å². The van der Waals surface area contributed by atoms with Crippen LogP contribution in [0.2, 0.25) is 0 Å². The van der Waals surface area contributed by atoms with Crippen LogP contribution >= 0.6 is 22.6 Å². The van der Waals surface area contributed by atoms with E-state index in [9.17, 15) is 4.79 Å². The summed E-state index contributed by atoms with van der Waals surface area (Å²) in [7, 11) is 0. The van der Waals surface area contributed by atoms with Crippen LogP contribution in [0.25, 0.3) is 0 Å². The van der Waals surface area contributed by atoms with Crippen LogP contribution in [0.1, 0.15) is 34.5 Å². The predicted octanol–water partition coefficient (Wildman–Crippen LogP) is 4.09. The molecule has 98 valence electrons. The number of hydrogen-bond acceptors (Lipinski definition) is 1. The van der Waals surface area contributed by atoms with Gasteiger partial charge in [0.2, 0.25) is 0 Å². The highest BCUT2D eigenvalue weighted by atomic mass is 127. The third kappa shape index (κ3) is 3.80. The number of aryl methyl sites for hydroxylation is 1. The number of hydrogen-bond donors (Lipinski definition) is 1. The molecular weight excluding hydrogens is 349 g/mol. The van der Waals surface area contributed by atoms with E-state index in [0.717, 1.165) is 9.13 Å². The van der Waals surface area contributed by atoms with Gasteiger partial charge in [-0.15, -0.1) is 0 Å². The Morgan fingerprint density at radius 1 is 1.16 bits per heavy atom. The number of carbonyl (C=O) groups is 1. The zero-order valence-corrected chi connectivity index (χ0v) is 13.1. The van der Waals surface area contributed by atoms with Crippen molar-refractivity contribution >= 4 is 28.5 Å². The maximum absolute atomic E-state index is 12.1. The highest BCUT2D eigenvalue weighted by Crippen LogP contribution is 2.14. The van der Waals surface area contributed by atoms with Crippen LogP contribution in [0.5, 0.6) is 0 Å². The van der Waals surface area contributed by atoms with Crippen LogP contribution in [0.4, 0.5) is 0 Å². The molecule has 0 saturated carbocycles. The molecule has 1 atom stereocenters. The second-order valence-electron chi connectivity index (χ2n) is 4.62. The van der Waals surface area contributed by atoms with Crippen molar-refractivity contribution in [2.75, 3.05) is 0 Å². The van der Waals surface area contributed by atoms with E-state index in [1.54, 1.807) is 0 Å². The van der Waals surface area contributed by atoms with Gasteiger partial charge in [-0.05, 0) is 60.2 Å². The van der Waals surface area contributed by atoms with Crippen LogP contribution in [-0.2, 0) is 0 Å². The fourth-order valence-electron chi connectivity index (χ4n) is 1.85. The molecule has 0 radical (unpaired) electrons. The monoisotopic (exact) mass is 365 g/mol. The van der Waals surface area contributed by atoms with Crippen molar-refractivity contribution in [1.82, 2.24) is 5.32 Å². The molecule has 0 aliphatic heterocycles. The molecule has 0 saturated heterocycles. The Labute approximate surface area is 127 Å². The Hall–Kier alpha value is -1.36. The molecule has 0 aliphatic rings. The fraction of sp³-hybridized carbons (Fsp3) is 0.188. The Bertz CT molecular complexity index is 578. The lowest BCUT2D eigenvalue weighted by Gasteiger charge is -2.14. The first-order valence-corrected chi connectivity index (χ1v) is 7.27. The van der Waals surface area contributed by atoms with Gasteiger partial charge in [0.1, 0.15) is 0 Å². The molecule has 0 bridgehead atoms. The van der Waals surface area contributed by atoms with Gasteiger partial charge in [0, 0.05) is 9.13 Å². The predicted molar refractivity (Wildman–Crippen MR) is 86.2 cm³/mol. The highest BCUT2D eigenvalue weighted by Gasteiger charge is 2.11. The van der Waals surface area contributed by atoms with E-state index < -0.39 is 0 Å². The van der Waals surface area contributed by atoms with Gasteiger partial charge in [0.15, 0.2) is 0 Å². The van der Waals surface area contributed by atoms with E-state index in [2.05, 4.69) is 59.1 Å². The molecule has 0 fully saturated rings. The molecule has 0 spiro atoms. The summed E-state index contributed by atoms with van der Waals surface area (Å²) in [5.41, 5.74) is 3.04. The van der Waals surface area contributed by atoms with Gasteiger partial charge in [-0.2, -0.15) is 0 Å². The van der Waals surface area contributed by atoms with Crippen LogP contribution < -0.4 is 5.32 Å². The van der Waals surface area contributed by atoms with Crippen LogP contribution in [0.3, 0.4) is 0 Å². The van der Waals surface area contributed by atoms with Gasteiger partial charge in [-0.3, -0.25) is 4.79 Å². The topological polar surface area (TPSA) is 29.1 Å². The number of benzene rings is 2. The molecule has 2 aromatic rings. The summed E-state index contributed by atoms with van der Waals surface area (Å²) < 4.78 is 1.06. The summed E-state index contributed by atoms with van der Waals surface area (Å²) in [6, 6.07) is 15.8. The molecule has 2 rings (SSSR count). The molecule has 1 N–H and O–H groups in total. The van der Waals surface area contributed by atoms with Crippen molar-refractivity contribution in [2.24, 2.45) is 0 Å². The lowest BCUT2D eigenvalue weighted by atomic mass is 10.1. The summed E-state index contributed by atoms with van der Waals surface area (Å²) in [5.74, 6) is -0.0356. The van der Waals surface area contributed by atoms with Gasteiger partial charge in [0.05, 0.1) is 6.04 Å². The van der Waals surface area contributed by atoms with Gasteiger partial charge < -0.3 is 5.32 Å². The van der Waals surface area contributed by atoms with E-state index in [1.807, 2.05) is 31.2 Å². The number of halogens is 1. The van der Waals surface area contributed by atoms with Crippen molar-refractivity contribution in [3.05, 3.63) is 68.8 Å². The number of amides is 1. The molecular formula is C16H16INO. The van der Waals surface area contributed by atoms with Crippen molar-refractivity contribution < 1.29 is 4.79 Å². The molecule has 1 amide bonds. The summed E-state index contributed by atoms with van der Waals surface area (Å²) in [6.45, 7) is 4.05. The zero-order chi connectivity index (χ0) is 13.8. The number of carbonyl (C=O) groups excluding carboxylic acids is 1. The van der Waals surface area contributed by atoms with Crippen molar-refractivity contribution in [3.8, 4) is 0 Å². The Balaban J connectivity index is 2.08. The van der Waals surface area contributed by atoms with Crippen LogP contribution in [0, 0.1) is 10.5 Å². The van der Waals surface area contributed by atoms with Gasteiger partial charge >= 0.3 is 0 Å². The zero-order valence-electron chi connectivity index (χ0n) is 11.0. The minimum atomic E-state index is -0.0356. The summed E-state index contributed by atoms with van der Waals surface area (Å²) in [6.07, 6.45) is 0. The molecule has 3 heteroatoms. The lowest BCUT2D eigenvalue weighted by Crippen LogP contribution is -2.26. The van der Waals surface area contributed by atoms with Gasteiger partial charge in [0.25, 0.3) is 5.91 Å². The first-order valence-electron chi connectivity index (χ1n) is 6.19. The third-order valence-corrected chi connectivity index (χ3v) is 3.68. The largest absolute Gasteiger partial charge is 0.346 e. The van der Waals surface area contributed by atoms with Crippen molar-refractivity contribution in [3.63, 3.8) is 0 Å². The molecule has 2 nitrogen and oxygen atoms in total. The van der Waals surface area contributed by atoms with E-state index in [1.165, 1.54) is 5.56 Å². The molecule has 0 heterocycles. The summed E-state index contributed by atoms with van der Waals surface area (Å²) in [5, 5.41) is 3.02. The maximum Gasteiger partial charge on any atom is 0.251 e. The number of nitrogens with one attached hydrogen (secondary N) is 1. The first kappa shape index (κ1) is 14.1. The normalized spacial score (nSPS) is 11.9. The third-order valence-electron chi connectivity index (χ3n) is 3.01. The fourth-order valence-corrected chi connectivity index (χ4v) is 2.39. The van der Waals surface area contributed by atoms with E-state index >= 15 is 0 Å². The number of rotatable bonds is 3. The standard InChI is InChI=1S/C16H16INO/c1-11-6-8-13(9-7-11)12(2)18-16(19)14-4-3-5-15(17)10-14/h3-10,12H,1-2H3,(H,18,19)/t12-/m1/s1. The van der Waals surface area contributed by atoms with Crippen LogP contribution in [-0.4, -0.2) is 5.91 Å². The minimum absolute atomic E-state index is 0.00553. The maximum atomic E-state index is 12.1. The highest BCUT2D eigenvalue weighted by molar-refractivity contribution is 14.1. The first-order chi connectivity index (χ1) is 9.06. The van der Waals surface area contributed by atoms with E-state index in [4.69, 9.17) is 0 Å². The average Bonchev–Trinajstić information content (AvgIpc) is 2.39. The Kier molecular flexibility index (Phi) is 4.58. The van der Waals surface area contributed by atoms with Gasteiger partial charge in [-0.25, -0.2) is 0 Å². The van der Waals surface area contributed by atoms with Crippen molar-refractivity contribution in [2.45, 2.75) is 19.9 Å². The Morgan fingerprint density at radius 2 is 1.84 bits per heavy atom. The lowest BCUT2D eigenvalue weighted by molar-refractivity contribution is 0.0940. The Morgan fingerprint density at radius 3 is 2.47 bits per heavy atom. The summed E-state index contributed by atoms with van der Waals surface area (Å²) >= 11 is 2.21. The molecule has 0 aliphatic carbocycles. The molecule has 19 heavy (non-hydrogen) atoms. The second kappa shape index (κ2) is 6.19. The molecule has 2 aromatic carbocycles. The van der Waals surface area contributed by atoms with Gasteiger partial charge in [-0.1, -0.05) is 35.9 Å². The van der Waals surface area contributed by atoms with E-state index in [-0.39, 0.29) is 11.9 Å². The average molecular weight is 365 g/mol. The molecule has 0 aromatic heterocycles. The second-order valence-corrected chi connectivity index (χ2v) is 5.86. The molecule has 0 unspecified atom stereocenters. The van der Waals surface area contributed by atoms with Crippen molar-refractivity contribution in [1.29, 1.82) is 0 Å². The quantitative estimate of drug-likeness (QED) is 0.816. The minimum Gasteiger partial charge on any atom is -0.346 e. The SMILES string of the molecule is Cc1ccc([C@@H](C)NC(=O)c2cccc(I)c2)cc1. The summed E-state index contributed by atoms with van der Waals surface area (Å²) in [4.78, 5) is 12.1. The smallest absolute Gasteiger partial charge is 0.251 e. The van der Waals surface area contributed by atoms with Crippen LogP contribution in [0.15, 0.2) is 48.5 Å².